The number of carbonyl (C=O) groups excluding carboxylic acids is 1. The Morgan fingerprint density at radius 2 is 1.92 bits per heavy atom. The number of nitrogens with one attached hydrogen (secondary N) is 2. The first kappa shape index (κ1) is 15.8. The van der Waals surface area contributed by atoms with Gasteiger partial charge < -0.3 is 14.8 Å². The number of rotatable bonds is 3. The Morgan fingerprint density at radius 1 is 1.17 bits per heavy atom. The fourth-order valence-electron chi connectivity index (χ4n) is 2.17. The van der Waals surface area contributed by atoms with Crippen LogP contribution in [0.15, 0.2) is 42.5 Å². The summed E-state index contributed by atoms with van der Waals surface area (Å²) in [6.07, 6.45) is 0.353. The van der Waals surface area contributed by atoms with E-state index in [1.807, 2.05) is 12.1 Å². The summed E-state index contributed by atoms with van der Waals surface area (Å²) in [6, 6.07) is 14.3. The van der Waals surface area contributed by atoms with Gasteiger partial charge in [0.25, 0.3) is 5.91 Å². The first-order chi connectivity index (χ1) is 11.7. The highest BCUT2D eigenvalue weighted by molar-refractivity contribution is 7.80. The minimum absolute atomic E-state index is 0.155. The lowest BCUT2D eigenvalue weighted by molar-refractivity contribution is 0.0977. The molecule has 1 aliphatic heterocycles. The Bertz CT molecular complexity index is 828. The van der Waals surface area contributed by atoms with Crippen molar-refractivity contribution in [2.24, 2.45) is 0 Å². The number of ether oxygens (including phenoxy) is 2. The third kappa shape index (κ3) is 3.62. The Labute approximate surface area is 144 Å². The SMILES string of the molecule is N#CCc1ccc(NC(=S)NC(=O)c2ccc3c(c2)OCO3)cc1. The van der Waals surface area contributed by atoms with Gasteiger partial charge in [0.05, 0.1) is 12.5 Å². The molecule has 1 heterocycles. The van der Waals surface area contributed by atoms with E-state index in [0.717, 1.165) is 11.3 Å². The van der Waals surface area contributed by atoms with Crippen molar-refractivity contribution in [2.75, 3.05) is 12.1 Å². The highest BCUT2D eigenvalue weighted by Gasteiger charge is 2.16. The summed E-state index contributed by atoms with van der Waals surface area (Å²) in [7, 11) is 0. The van der Waals surface area contributed by atoms with Crippen LogP contribution >= 0.6 is 12.2 Å². The van der Waals surface area contributed by atoms with Gasteiger partial charge in [-0.1, -0.05) is 12.1 Å². The van der Waals surface area contributed by atoms with Gasteiger partial charge in [0, 0.05) is 11.3 Å². The maximum Gasteiger partial charge on any atom is 0.257 e. The van der Waals surface area contributed by atoms with Crippen LogP contribution in [0.2, 0.25) is 0 Å². The van der Waals surface area contributed by atoms with Crippen molar-refractivity contribution in [1.29, 1.82) is 5.26 Å². The monoisotopic (exact) mass is 339 g/mol. The molecule has 0 saturated carbocycles. The molecule has 0 fully saturated rings. The number of thiocarbonyl (C=S) groups is 1. The summed E-state index contributed by atoms with van der Waals surface area (Å²) < 4.78 is 10.5. The zero-order chi connectivity index (χ0) is 16.9. The molecule has 0 aliphatic carbocycles. The summed E-state index contributed by atoms with van der Waals surface area (Å²) >= 11 is 5.14. The van der Waals surface area contributed by atoms with Gasteiger partial charge in [-0.15, -0.1) is 0 Å². The van der Waals surface area contributed by atoms with Crippen molar-refractivity contribution >= 4 is 28.9 Å². The minimum atomic E-state index is -0.341. The Hall–Kier alpha value is -3.11. The molecule has 1 amide bonds. The third-order valence-electron chi connectivity index (χ3n) is 3.36. The molecule has 0 bridgehead atoms. The van der Waals surface area contributed by atoms with Crippen molar-refractivity contribution in [2.45, 2.75) is 6.42 Å². The minimum Gasteiger partial charge on any atom is -0.454 e. The van der Waals surface area contributed by atoms with E-state index in [9.17, 15) is 4.79 Å². The van der Waals surface area contributed by atoms with Crippen LogP contribution < -0.4 is 20.1 Å². The Kier molecular flexibility index (Phi) is 4.59. The van der Waals surface area contributed by atoms with E-state index in [4.69, 9.17) is 27.0 Å². The van der Waals surface area contributed by atoms with Gasteiger partial charge in [0.15, 0.2) is 16.6 Å². The van der Waals surface area contributed by atoms with Crippen LogP contribution in [0.5, 0.6) is 11.5 Å². The van der Waals surface area contributed by atoms with Gasteiger partial charge in [0.1, 0.15) is 0 Å². The van der Waals surface area contributed by atoms with Gasteiger partial charge in [-0.3, -0.25) is 10.1 Å². The largest absolute Gasteiger partial charge is 0.454 e. The van der Waals surface area contributed by atoms with Crippen LogP contribution in [-0.2, 0) is 6.42 Å². The number of benzene rings is 2. The van der Waals surface area contributed by atoms with E-state index >= 15 is 0 Å². The molecule has 7 heteroatoms. The lowest BCUT2D eigenvalue weighted by atomic mass is 10.1. The topological polar surface area (TPSA) is 83.4 Å². The third-order valence-corrected chi connectivity index (χ3v) is 3.56. The van der Waals surface area contributed by atoms with Crippen molar-refractivity contribution in [1.82, 2.24) is 5.32 Å². The lowest BCUT2D eigenvalue weighted by Crippen LogP contribution is -2.34. The van der Waals surface area contributed by atoms with Crippen LogP contribution in [0, 0.1) is 11.3 Å². The molecule has 0 atom stereocenters. The number of fused-ring (bicyclic) bond motifs is 1. The van der Waals surface area contributed by atoms with E-state index in [2.05, 4.69) is 16.7 Å². The molecule has 1 aliphatic rings. The lowest BCUT2D eigenvalue weighted by Gasteiger charge is -2.10. The van der Waals surface area contributed by atoms with Crippen LogP contribution in [0.3, 0.4) is 0 Å². The maximum absolute atomic E-state index is 12.2. The van der Waals surface area contributed by atoms with E-state index in [1.54, 1.807) is 30.3 Å². The molecule has 0 radical (unpaired) electrons. The summed E-state index contributed by atoms with van der Waals surface area (Å²) in [4.78, 5) is 12.2. The second-order valence-corrected chi connectivity index (χ2v) is 5.42. The normalized spacial score (nSPS) is 11.5. The molecule has 0 unspecified atom stereocenters. The average Bonchev–Trinajstić information content (AvgIpc) is 3.04. The number of anilines is 1. The molecule has 0 saturated heterocycles. The first-order valence-electron chi connectivity index (χ1n) is 7.13. The van der Waals surface area contributed by atoms with E-state index in [-0.39, 0.29) is 17.8 Å². The molecule has 2 N–H and O–H groups in total. The summed E-state index contributed by atoms with van der Waals surface area (Å²) in [6.45, 7) is 0.155. The standard InChI is InChI=1S/C17H13N3O3S/c18-8-7-11-1-4-13(5-2-11)19-17(24)20-16(21)12-3-6-14-15(9-12)23-10-22-14/h1-6,9H,7,10H2,(H2,19,20,21,24). The molecule has 0 spiro atoms. The van der Waals surface area contributed by atoms with Crippen molar-refractivity contribution < 1.29 is 14.3 Å². The quantitative estimate of drug-likeness (QED) is 0.837. The number of carbonyl (C=O) groups is 1. The van der Waals surface area contributed by atoms with Crippen molar-refractivity contribution in [3.8, 4) is 17.6 Å². The summed E-state index contributed by atoms with van der Waals surface area (Å²) in [5.74, 6) is 0.811. The molecule has 3 rings (SSSR count). The molecule has 2 aromatic carbocycles. The van der Waals surface area contributed by atoms with E-state index in [1.165, 1.54) is 0 Å². The fraction of sp³-hybridized carbons (Fsp3) is 0.118. The maximum atomic E-state index is 12.2. The van der Waals surface area contributed by atoms with Crippen LogP contribution in [0.4, 0.5) is 5.69 Å². The number of nitrogens with zero attached hydrogens (tertiary/aromatic N) is 1. The molecule has 2 aromatic rings. The fourth-order valence-corrected chi connectivity index (χ4v) is 2.38. The summed E-state index contributed by atoms with van der Waals surface area (Å²) in [5.41, 5.74) is 2.07. The van der Waals surface area contributed by atoms with Crippen LogP contribution in [0.1, 0.15) is 15.9 Å². The first-order valence-corrected chi connectivity index (χ1v) is 7.54. The molecule has 0 aromatic heterocycles. The summed E-state index contributed by atoms with van der Waals surface area (Å²) in [5, 5.41) is 14.4. The molecule has 6 nitrogen and oxygen atoms in total. The predicted molar refractivity (Wildman–Crippen MR) is 92.0 cm³/mol. The highest BCUT2D eigenvalue weighted by atomic mass is 32.1. The van der Waals surface area contributed by atoms with Crippen molar-refractivity contribution in [3.05, 3.63) is 53.6 Å². The van der Waals surface area contributed by atoms with Gasteiger partial charge in [-0.2, -0.15) is 5.26 Å². The number of amides is 1. The zero-order valence-electron chi connectivity index (χ0n) is 12.5. The predicted octanol–water partition coefficient (Wildman–Crippen LogP) is 2.61. The number of hydrogen-bond donors (Lipinski definition) is 2. The van der Waals surface area contributed by atoms with Gasteiger partial charge in [0.2, 0.25) is 6.79 Å². The molecule has 120 valence electrons. The second kappa shape index (κ2) is 6.98. The average molecular weight is 339 g/mol. The Balaban J connectivity index is 1.60. The highest BCUT2D eigenvalue weighted by Crippen LogP contribution is 2.32. The Morgan fingerprint density at radius 3 is 2.67 bits per heavy atom. The van der Waals surface area contributed by atoms with Gasteiger partial charge >= 0.3 is 0 Å². The molecular weight excluding hydrogens is 326 g/mol. The van der Waals surface area contributed by atoms with E-state index in [0.29, 0.717) is 23.5 Å². The van der Waals surface area contributed by atoms with Crippen molar-refractivity contribution in [3.63, 3.8) is 0 Å². The molecule has 24 heavy (non-hydrogen) atoms. The second-order valence-electron chi connectivity index (χ2n) is 5.01. The van der Waals surface area contributed by atoms with Crippen LogP contribution in [0.25, 0.3) is 0 Å². The number of hydrogen-bond acceptors (Lipinski definition) is 5. The molecular formula is C17H13N3O3S. The van der Waals surface area contributed by atoms with E-state index < -0.39 is 0 Å². The number of nitriles is 1. The van der Waals surface area contributed by atoms with Gasteiger partial charge in [-0.25, -0.2) is 0 Å². The smallest absolute Gasteiger partial charge is 0.257 e. The van der Waals surface area contributed by atoms with Crippen LogP contribution in [-0.4, -0.2) is 17.8 Å². The zero-order valence-corrected chi connectivity index (χ0v) is 13.4. The van der Waals surface area contributed by atoms with Gasteiger partial charge in [-0.05, 0) is 48.1 Å².